The van der Waals surface area contributed by atoms with Crippen molar-refractivity contribution in [3.05, 3.63) is 29.8 Å². The molecule has 0 aliphatic heterocycles. The van der Waals surface area contributed by atoms with Gasteiger partial charge in [0.2, 0.25) is 0 Å². The zero-order chi connectivity index (χ0) is 15.7. The molecule has 1 saturated carbocycles. The van der Waals surface area contributed by atoms with Gasteiger partial charge < -0.3 is 15.2 Å². The number of aromatic carboxylic acids is 1. The minimum Gasteiger partial charge on any atom is -0.492 e. The lowest BCUT2D eigenvalue weighted by Crippen LogP contribution is -2.24. The molecule has 0 saturated heterocycles. The minimum atomic E-state index is -0.919. The lowest BCUT2D eigenvalue weighted by atomic mass is 10.0. The second kappa shape index (κ2) is 5.68. The van der Waals surface area contributed by atoms with Crippen molar-refractivity contribution in [2.45, 2.75) is 27.7 Å². The van der Waals surface area contributed by atoms with E-state index in [1.54, 1.807) is 24.3 Å². The highest BCUT2D eigenvalue weighted by molar-refractivity contribution is 5.87. The predicted octanol–water partition coefficient (Wildman–Crippen LogP) is 3.04. The van der Waals surface area contributed by atoms with Crippen molar-refractivity contribution >= 4 is 5.97 Å². The van der Waals surface area contributed by atoms with E-state index in [-0.39, 0.29) is 5.56 Å². The van der Waals surface area contributed by atoms with Crippen LogP contribution in [-0.4, -0.2) is 30.8 Å². The van der Waals surface area contributed by atoms with E-state index in [2.05, 4.69) is 33.0 Å². The van der Waals surface area contributed by atoms with Crippen LogP contribution in [0.5, 0.6) is 5.75 Å². The summed E-state index contributed by atoms with van der Waals surface area (Å²) in [6, 6.07) is 6.49. The fraction of sp³-hybridized carbons (Fsp3) is 0.588. The molecular formula is C17H25NO3. The number of ether oxygens (including phenoxy) is 1. The van der Waals surface area contributed by atoms with Crippen molar-refractivity contribution in [2.75, 3.05) is 19.7 Å². The van der Waals surface area contributed by atoms with Crippen molar-refractivity contribution in [3.63, 3.8) is 0 Å². The smallest absolute Gasteiger partial charge is 0.335 e. The number of nitrogens with one attached hydrogen (secondary N) is 1. The number of hydrogen-bond donors (Lipinski definition) is 2. The summed E-state index contributed by atoms with van der Waals surface area (Å²) in [4.78, 5) is 10.7. The molecule has 0 bridgehead atoms. The number of carbonyl (C=O) groups is 1. The van der Waals surface area contributed by atoms with Crippen LogP contribution in [0.4, 0.5) is 0 Å². The van der Waals surface area contributed by atoms with Crippen LogP contribution < -0.4 is 10.1 Å². The molecule has 0 aromatic heterocycles. The maximum absolute atomic E-state index is 10.7. The van der Waals surface area contributed by atoms with Crippen molar-refractivity contribution in [1.82, 2.24) is 5.32 Å². The molecule has 2 rings (SSSR count). The fourth-order valence-electron chi connectivity index (χ4n) is 3.02. The van der Waals surface area contributed by atoms with Gasteiger partial charge in [-0.2, -0.15) is 0 Å². The topological polar surface area (TPSA) is 58.6 Å². The van der Waals surface area contributed by atoms with Gasteiger partial charge in [0.15, 0.2) is 0 Å². The van der Waals surface area contributed by atoms with Crippen LogP contribution in [-0.2, 0) is 0 Å². The molecular weight excluding hydrogens is 266 g/mol. The van der Waals surface area contributed by atoms with Crippen LogP contribution in [0, 0.1) is 16.7 Å². The third-order valence-corrected chi connectivity index (χ3v) is 5.32. The average molecular weight is 291 g/mol. The molecule has 1 aromatic rings. The molecule has 0 unspecified atom stereocenters. The largest absolute Gasteiger partial charge is 0.492 e. The van der Waals surface area contributed by atoms with Gasteiger partial charge in [0, 0.05) is 6.54 Å². The highest BCUT2D eigenvalue weighted by Crippen LogP contribution is 2.67. The van der Waals surface area contributed by atoms with Crippen LogP contribution in [0.1, 0.15) is 38.1 Å². The van der Waals surface area contributed by atoms with Gasteiger partial charge in [-0.1, -0.05) is 27.7 Å². The van der Waals surface area contributed by atoms with E-state index in [4.69, 9.17) is 9.84 Å². The van der Waals surface area contributed by atoms with Crippen LogP contribution >= 0.6 is 0 Å². The number of rotatable bonds is 7. The molecule has 0 spiro atoms. The quantitative estimate of drug-likeness (QED) is 0.758. The highest BCUT2D eigenvalue weighted by Gasteiger charge is 2.63. The molecule has 4 heteroatoms. The van der Waals surface area contributed by atoms with E-state index in [1.807, 2.05) is 0 Å². The Hall–Kier alpha value is -1.55. The Kier molecular flexibility index (Phi) is 4.28. The van der Waals surface area contributed by atoms with Gasteiger partial charge in [-0.3, -0.25) is 0 Å². The van der Waals surface area contributed by atoms with E-state index in [1.165, 1.54) is 0 Å². The zero-order valence-electron chi connectivity index (χ0n) is 13.3. The first-order valence-corrected chi connectivity index (χ1v) is 7.43. The second-order valence-electron chi connectivity index (χ2n) is 6.88. The van der Waals surface area contributed by atoms with E-state index in [9.17, 15) is 4.79 Å². The van der Waals surface area contributed by atoms with Crippen molar-refractivity contribution < 1.29 is 14.6 Å². The standard InChI is InChI=1S/C17H25NO3/c1-16(2)14(17(16,3)4)11-18-9-10-21-13-7-5-12(6-8-13)15(19)20/h5-8,14,18H,9-11H2,1-4H3,(H,19,20). The first kappa shape index (κ1) is 15.8. The van der Waals surface area contributed by atoms with Crippen LogP contribution in [0.2, 0.25) is 0 Å². The molecule has 0 heterocycles. The van der Waals surface area contributed by atoms with Gasteiger partial charge in [0.1, 0.15) is 12.4 Å². The molecule has 116 valence electrons. The Morgan fingerprint density at radius 2 is 1.76 bits per heavy atom. The molecule has 1 aliphatic rings. The molecule has 4 nitrogen and oxygen atoms in total. The van der Waals surface area contributed by atoms with E-state index < -0.39 is 5.97 Å². The number of hydrogen-bond acceptors (Lipinski definition) is 3. The summed E-state index contributed by atoms with van der Waals surface area (Å²) in [5.41, 5.74) is 1.10. The Balaban J connectivity index is 1.66. The summed E-state index contributed by atoms with van der Waals surface area (Å²) < 4.78 is 5.59. The average Bonchev–Trinajstić information content (AvgIpc) is 2.80. The maximum Gasteiger partial charge on any atom is 0.335 e. The van der Waals surface area contributed by atoms with E-state index in [0.717, 1.165) is 13.1 Å². The van der Waals surface area contributed by atoms with Gasteiger partial charge >= 0.3 is 5.97 Å². The molecule has 0 radical (unpaired) electrons. The number of carboxylic acids is 1. The molecule has 2 N–H and O–H groups in total. The summed E-state index contributed by atoms with van der Waals surface area (Å²) in [5.74, 6) is 0.492. The molecule has 21 heavy (non-hydrogen) atoms. The molecule has 0 amide bonds. The summed E-state index contributed by atoms with van der Waals surface area (Å²) >= 11 is 0. The molecule has 1 fully saturated rings. The van der Waals surface area contributed by atoms with E-state index in [0.29, 0.717) is 29.1 Å². The fourth-order valence-corrected chi connectivity index (χ4v) is 3.02. The van der Waals surface area contributed by atoms with Crippen molar-refractivity contribution in [3.8, 4) is 5.75 Å². The first-order chi connectivity index (χ1) is 9.76. The highest BCUT2D eigenvalue weighted by atomic mass is 16.5. The molecule has 1 aromatic carbocycles. The van der Waals surface area contributed by atoms with Gasteiger partial charge in [-0.25, -0.2) is 4.79 Å². The summed E-state index contributed by atoms with van der Waals surface area (Å²) in [6.45, 7) is 11.7. The van der Waals surface area contributed by atoms with Gasteiger partial charge in [0.05, 0.1) is 5.56 Å². The first-order valence-electron chi connectivity index (χ1n) is 7.43. The third-order valence-electron chi connectivity index (χ3n) is 5.32. The zero-order valence-corrected chi connectivity index (χ0v) is 13.3. The second-order valence-corrected chi connectivity index (χ2v) is 6.88. The van der Waals surface area contributed by atoms with E-state index >= 15 is 0 Å². The van der Waals surface area contributed by atoms with Gasteiger partial charge in [0.25, 0.3) is 0 Å². The van der Waals surface area contributed by atoms with Crippen molar-refractivity contribution in [2.24, 2.45) is 16.7 Å². The Morgan fingerprint density at radius 3 is 2.24 bits per heavy atom. The third kappa shape index (κ3) is 3.21. The number of benzene rings is 1. The maximum atomic E-state index is 10.7. The normalized spacial score (nSPS) is 19.2. The Bertz CT molecular complexity index is 491. The van der Waals surface area contributed by atoms with Crippen LogP contribution in [0.15, 0.2) is 24.3 Å². The van der Waals surface area contributed by atoms with Crippen molar-refractivity contribution in [1.29, 1.82) is 0 Å². The SMILES string of the molecule is CC1(C)C(CNCCOc2ccc(C(=O)O)cc2)C1(C)C. The lowest BCUT2D eigenvalue weighted by molar-refractivity contribution is 0.0697. The minimum absolute atomic E-state index is 0.277. The van der Waals surface area contributed by atoms with Gasteiger partial charge in [-0.15, -0.1) is 0 Å². The Labute approximate surface area is 126 Å². The summed E-state index contributed by atoms with van der Waals surface area (Å²) in [7, 11) is 0. The monoisotopic (exact) mass is 291 g/mol. The lowest BCUT2D eigenvalue weighted by Gasteiger charge is -2.08. The van der Waals surface area contributed by atoms with Crippen LogP contribution in [0.3, 0.4) is 0 Å². The summed E-state index contributed by atoms with van der Waals surface area (Å²) in [6.07, 6.45) is 0. The molecule has 1 aliphatic carbocycles. The summed E-state index contributed by atoms with van der Waals surface area (Å²) in [5, 5.41) is 12.3. The van der Waals surface area contributed by atoms with Gasteiger partial charge in [-0.05, 0) is 47.6 Å². The predicted molar refractivity (Wildman–Crippen MR) is 82.8 cm³/mol. The molecule has 0 atom stereocenters. The number of carboxylic acid groups (broad SMARTS) is 1. The van der Waals surface area contributed by atoms with Crippen LogP contribution in [0.25, 0.3) is 0 Å². The Morgan fingerprint density at radius 1 is 1.19 bits per heavy atom.